The number of aryl methyl sites for hydroxylation is 2. The van der Waals surface area contributed by atoms with Crippen LogP contribution < -0.4 is 4.57 Å². The molecule has 2 rings (SSSR count). The molecule has 0 aliphatic heterocycles. The molecule has 0 bridgehead atoms. The number of imidazole rings is 1. The van der Waals surface area contributed by atoms with Crippen LogP contribution in [0.1, 0.15) is 6.42 Å². The summed E-state index contributed by atoms with van der Waals surface area (Å²) in [6.07, 6.45) is 3.14. The fraction of sp³-hybridized carbons (Fsp3) is 0.364. The van der Waals surface area contributed by atoms with Crippen LogP contribution in [0.15, 0.2) is 30.6 Å². The SMILES string of the molecule is C[n+]1cn(CCCCl)c2ccccc21. The molecule has 14 heavy (non-hydrogen) atoms. The Morgan fingerprint density at radius 1 is 1.36 bits per heavy atom. The van der Waals surface area contributed by atoms with E-state index >= 15 is 0 Å². The number of nitrogens with zero attached hydrogens (tertiary/aromatic N) is 2. The van der Waals surface area contributed by atoms with Gasteiger partial charge < -0.3 is 0 Å². The Morgan fingerprint density at radius 2 is 2.14 bits per heavy atom. The molecule has 1 aromatic carbocycles. The van der Waals surface area contributed by atoms with Crippen molar-refractivity contribution in [3.63, 3.8) is 0 Å². The molecule has 0 atom stereocenters. The summed E-state index contributed by atoms with van der Waals surface area (Å²) in [6, 6.07) is 8.41. The molecule has 2 aromatic rings. The zero-order chi connectivity index (χ0) is 9.97. The van der Waals surface area contributed by atoms with Crippen molar-refractivity contribution >= 4 is 22.6 Å². The topological polar surface area (TPSA) is 8.81 Å². The number of alkyl halides is 1. The molecule has 1 heterocycles. The summed E-state index contributed by atoms with van der Waals surface area (Å²) in [5, 5.41) is 0. The maximum atomic E-state index is 5.69. The van der Waals surface area contributed by atoms with Gasteiger partial charge in [0.05, 0.1) is 13.6 Å². The third-order valence-electron chi connectivity index (χ3n) is 2.42. The van der Waals surface area contributed by atoms with Crippen molar-refractivity contribution in [2.75, 3.05) is 5.88 Å². The lowest BCUT2D eigenvalue weighted by molar-refractivity contribution is -0.645. The summed E-state index contributed by atoms with van der Waals surface area (Å²) in [5.41, 5.74) is 2.54. The lowest BCUT2D eigenvalue weighted by Gasteiger charge is -1.93. The first-order valence-electron chi connectivity index (χ1n) is 4.82. The molecule has 0 N–H and O–H groups in total. The number of rotatable bonds is 3. The minimum atomic E-state index is 0.718. The smallest absolute Gasteiger partial charge is 0.233 e. The molecule has 3 heteroatoms. The van der Waals surface area contributed by atoms with E-state index in [0.29, 0.717) is 0 Å². The van der Waals surface area contributed by atoms with Crippen molar-refractivity contribution in [2.45, 2.75) is 13.0 Å². The maximum Gasteiger partial charge on any atom is 0.244 e. The summed E-state index contributed by atoms with van der Waals surface area (Å²) in [5.74, 6) is 0.718. The number of hydrogen-bond acceptors (Lipinski definition) is 0. The zero-order valence-corrected chi connectivity index (χ0v) is 9.04. The molecular weight excluding hydrogens is 196 g/mol. The first kappa shape index (κ1) is 9.53. The van der Waals surface area contributed by atoms with Crippen LogP contribution in [0.3, 0.4) is 0 Å². The monoisotopic (exact) mass is 209 g/mol. The van der Waals surface area contributed by atoms with Crippen LogP contribution in [0.5, 0.6) is 0 Å². The van der Waals surface area contributed by atoms with Gasteiger partial charge in [-0.25, -0.2) is 9.13 Å². The first-order valence-corrected chi connectivity index (χ1v) is 5.36. The number of halogens is 1. The average Bonchev–Trinajstić information content (AvgIpc) is 2.54. The predicted octanol–water partition coefficient (Wildman–Crippen LogP) is 2.09. The van der Waals surface area contributed by atoms with Gasteiger partial charge >= 0.3 is 0 Å². The van der Waals surface area contributed by atoms with Crippen LogP contribution in [0, 0.1) is 0 Å². The predicted molar refractivity (Wildman–Crippen MR) is 58.5 cm³/mol. The van der Waals surface area contributed by atoms with Crippen molar-refractivity contribution in [1.29, 1.82) is 0 Å². The normalized spacial score (nSPS) is 11.0. The molecule has 74 valence electrons. The van der Waals surface area contributed by atoms with E-state index in [1.165, 1.54) is 11.0 Å². The van der Waals surface area contributed by atoms with Gasteiger partial charge in [-0.1, -0.05) is 12.1 Å². The number of aromatic nitrogens is 2. The average molecular weight is 210 g/mol. The Labute approximate surface area is 88.7 Å². The Kier molecular flexibility index (Phi) is 2.73. The molecule has 0 aliphatic carbocycles. The quantitative estimate of drug-likeness (QED) is 0.541. The van der Waals surface area contributed by atoms with Gasteiger partial charge in [0, 0.05) is 5.88 Å². The van der Waals surface area contributed by atoms with Crippen LogP contribution >= 0.6 is 11.6 Å². The van der Waals surface area contributed by atoms with E-state index in [1.54, 1.807) is 0 Å². The van der Waals surface area contributed by atoms with Crippen LogP contribution in [-0.4, -0.2) is 10.4 Å². The number of benzene rings is 1. The van der Waals surface area contributed by atoms with Crippen molar-refractivity contribution < 1.29 is 4.57 Å². The van der Waals surface area contributed by atoms with Crippen LogP contribution in [0.4, 0.5) is 0 Å². The van der Waals surface area contributed by atoms with E-state index in [2.05, 4.69) is 46.8 Å². The highest BCUT2D eigenvalue weighted by atomic mass is 35.5. The van der Waals surface area contributed by atoms with Crippen molar-refractivity contribution in [3.8, 4) is 0 Å². The highest BCUT2D eigenvalue weighted by molar-refractivity contribution is 6.17. The number of hydrogen-bond donors (Lipinski definition) is 0. The van der Waals surface area contributed by atoms with Gasteiger partial charge in [0.1, 0.15) is 0 Å². The van der Waals surface area contributed by atoms with Gasteiger partial charge in [0.15, 0.2) is 11.0 Å². The van der Waals surface area contributed by atoms with Gasteiger partial charge in [0.2, 0.25) is 6.33 Å². The van der Waals surface area contributed by atoms with Gasteiger partial charge in [-0.05, 0) is 18.6 Å². The highest BCUT2D eigenvalue weighted by Crippen LogP contribution is 2.10. The molecular formula is C11H14ClN2+. The fourth-order valence-electron chi connectivity index (χ4n) is 1.75. The highest BCUT2D eigenvalue weighted by Gasteiger charge is 2.10. The summed E-state index contributed by atoms with van der Waals surface area (Å²) >= 11 is 5.69. The molecule has 1 aromatic heterocycles. The van der Waals surface area contributed by atoms with E-state index in [1.807, 2.05) is 0 Å². The van der Waals surface area contributed by atoms with E-state index in [-0.39, 0.29) is 0 Å². The molecule has 0 amide bonds. The van der Waals surface area contributed by atoms with E-state index in [0.717, 1.165) is 18.8 Å². The number of para-hydroxylation sites is 2. The second-order valence-corrected chi connectivity index (χ2v) is 3.83. The lowest BCUT2D eigenvalue weighted by Crippen LogP contribution is -2.25. The fourth-order valence-corrected chi connectivity index (χ4v) is 1.87. The molecule has 0 spiro atoms. The molecule has 0 saturated carbocycles. The molecule has 0 saturated heterocycles. The standard InChI is InChI=1S/C11H14ClN2/c1-13-9-14(8-4-7-12)11-6-3-2-5-10(11)13/h2-3,5-6,9H,4,7-8H2,1H3/q+1. The van der Waals surface area contributed by atoms with Gasteiger partial charge in [0.25, 0.3) is 0 Å². The minimum Gasteiger partial charge on any atom is -0.233 e. The zero-order valence-electron chi connectivity index (χ0n) is 8.28. The maximum absolute atomic E-state index is 5.69. The minimum absolute atomic E-state index is 0.718. The third-order valence-corrected chi connectivity index (χ3v) is 2.68. The van der Waals surface area contributed by atoms with Crippen molar-refractivity contribution in [2.24, 2.45) is 7.05 Å². The van der Waals surface area contributed by atoms with Crippen molar-refractivity contribution in [3.05, 3.63) is 30.6 Å². The van der Waals surface area contributed by atoms with Gasteiger partial charge in [-0.3, -0.25) is 0 Å². The number of fused-ring (bicyclic) bond motifs is 1. The molecule has 2 nitrogen and oxygen atoms in total. The lowest BCUT2D eigenvalue weighted by atomic mass is 10.3. The summed E-state index contributed by atoms with van der Waals surface area (Å²) in [7, 11) is 2.07. The molecule has 0 fully saturated rings. The van der Waals surface area contributed by atoms with Crippen LogP contribution in [0.2, 0.25) is 0 Å². The summed E-state index contributed by atoms with van der Waals surface area (Å²) in [6.45, 7) is 0.991. The molecule has 0 radical (unpaired) electrons. The van der Waals surface area contributed by atoms with Crippen LogP contribution in [-0.2, 0) is 13.6 Å². The van der Waals surface area contributed by atoms with Gasteiger partial charge in [-0.15, -0.1) is 11.6 Å². The van der Waals surface area contributed by atoms with E-state index in [9.17, 15) is 0 Å². The van der Waals surface area contributed by atoms with E-state index < -0.39 is 0 Å². The second-order valence-electron chi connectivity index (χ2n) is 3.45. The first-order chi connectivity index (χ1) is 6.83. The van der Waals surface area contributed by atoms with Crippen LogP contribution in [0.25, 0.3) is 11.0 Å². The Bertz CT molecular complexity index is 434. The van der Waals surface area contributed by atoms with Gasteiger partial charge in [-0.2, -0.15) is 0 Å². The Balaban J connectivity index is 2.44. The largest absolute Gasteiger partial charge is 0.244 e. The summed E-state index contributed by atoms with van der Waals surface area (Å²) < 4.78 is 4.39. The Hall–Kier alpha value is -1.02. The molecule has 0 unspecified atom stereocenters. The van der Waals surface area contributed by atoms with E-state index in [4.69, 9.17) is 11.6 Å². The molecule has 0 aliphatic rings. The second kappa shape index (κ2) is 4.01. The summed E-state index contributed by atoms with van der Waals surface area (Å²) in [4.78, 5) is 0. The Morgan fingerprint density at radius 3 is 2.93 bits per heavy atom. The van der Waals surface area contributed by atoms with Crippen molar-refractivity contribution in [1.82, 2.24) is 4.57 Å². The third kappa shape index (κ3) is 1.62.